The molecule has 2 saturated heterocycles. The highest BCUT2D eigenvalue weighted by atomic mass is 32.2. The van der Waals surface area contributed by atoms with Crippen molar-refractivity contribution in [3.05, 3.63) is 62.3 Å². The van der Waals surface area contributed by atoms with Gasteiger partial charge in [0.05, 0.1) is 11.3 Å². The third-order valence-electron chi connectivity index (χ3n) is 6.37. The van der Waals surface area contributed by atoms with E-state index in [1.807, 2.05) is 24.3 Å². The van der Waals surface area contributed by atoms with Gasteiger partial charge < -0.3 is 14.9 Å². The number of pyridine rings is 1. The summed E-state index contributed by atoms with van der Waals surface area (Å²) in [6.07, 6.45) is 1.46. The zero-order valence-electron chi connectivity index (χ0n) is 19.9. The number of thioether (sulfide) groups is 1. The molecule has 4 rings (SSSR count). The third kappa shape index (κ3) is 4.87. The number of rotatable bonds is 6. The Balaban J connectivity index is 1.71. The van der Waals surface area contributed by atoms with Crippen molar-refractivity contribution < 1.29 is 14.7 Å². The van der Waals surface area contributed by atoms with Crippen LogP contribution in [0.5, 0.6) is 0 Å². The van der Waals surface area contributed by atoms with Crippen LogP contribution in [0.3, 0.4) is 0 Å². The Morgan fingerprint density at radius 1 is 1.17 bits per heavy atom. The van der Waals surface area contributed by atoms with E-state index in [1.165, 1.54) is 9.47 Å². The maximum atomic E-state index is 13.0. The molecule has 1 N–H and O–H groups in total. The largest absolute Gasteiger partial charge is 0.481 e. The van der Waals surface area contributed by atoms with Gasteiger partial charge in [0.1, 0.15) is 21.8 Å². The average molecular weight is 524 g/mol. The molecule has 0 spiro atoms. The summed E-state index contributed by atoms with van der Waals surface area (Å²) in [4.78, 5) is 43.0. The number of para-hydroxylation sites is 1. The topological polar surface area (TPSA) is 110 Å². The summed E-state index contributed by atoms with van der Waals surface area (Å²) >= 11 is 6.41. The van der Waals surface area contributed by atoms with Gasteiger partial charge in [0.25, 0.3) is 11.5 Å². The van der Waals surface area contributed by atoms with Crippen molar-refractivity contribution >= 4 is 57.8 Å². The van der Waals surface area contributed by atoms with E-state index in [2.05, 4.69) is 21.9 Å². The van der Waals surface area contributed by atoms with Crippen LogP contribution in [0.25, 0.3) is 6.08 Å². The summed E-state index contributed by atoms with van der Waals surface area (Å²) in [6, 6.07) is 12.1. The molecule has 0 bridgehead atoms. The first-order valence-corrected chi connectivity index (χ1v) is 12.6. The molecular weight excluding hydrogens is 498 g/mol. The van der Waals surface area contributed by atoms with Gasteiger partial charge in [-0.3, -0.25) is 23.9 Å². The second kappa shape index (κ2) is 10.6. The minimum absolute atomic E-state index is 0.0126. The lowest BCUT2D eigenvalue weighted by Gasteiger charge is -2.38. The van der Waals surface area contributed by atoms with Crippen molar-refractivity contribution in [2.24, 2.45) is 7.05 Å². The molecular formula is C25H25N5O4S2. The Hall–Kier alpha value is -3.62. The van der Waals surface area contributed by atoms with Crippen LogP contribution in [0.4, 0.5) is 11.5 Å². The average Bonchev–Trinajstić information content (AvgIpc) is 3.14. The van der Waals surface area contributed by atoms with E-state index >= 15 is 0 Å². The molecule has 9 nitrogen and oxygen atoms in total. The standard InChI is InChI=1S/C25H25N5O4S2/c1-16-18(14-20-24(34)30(25(35)36-20)9-8-21(31)32)22(27(2)23(33)19(16)15-26)29-12-10-28(11-13-29)17-6-4-3-5-7-17/h3-7,14H,8-13H2,1-2H3,(H,31,32)/b20-14-. The number of carbonyl (C=O) groups excluding carboxylic acids is 1. The van der Waals surface area contributed by atoms with Gasteiger partial charge in [-0.05, 0) is 30.7 Å². The van der Waals surface area contributed by atoms with Gasteiger partial charge in [0.15, 0.2) is 0 Å². The number of thiocarbonyl (C=S) groups is 1. The number of nitriles is 1. The lowest BCUT2D eigenvalue weighted by molar-refractivity contribution is -0.137. The molecule has 36 heavy (non-hydrogen) atoms. The molecule has 186 valence electrons. The molecule has 2 fully saturated rings. The van der Waals surface area contributed by atoms with E-state index in [0.29, 0.717) is 34.9 Å². The van der Waals surface area contributed by atoms with E-state index in [1.54, 1.807) is 20.0 Å². The monoisotopic (exact) mass is 523 g/mol. The van der Waals surface area contributed by atoms with E-state index in [9.17, 15) is 19.6 Å². The van der Waals surface area contributed by atoms with Gasteiger partial charge >= 0.3 is 5.97 Å². The Bertz CT molecular complexity index is 1360. The number of carboxylic acid groups (broad SMARTS) is 1. The van der Waals surface area contributed by atoms with Crippen LogP contribution >= 0.6 is 24.0 Å². The zero-order chi connectivity index (χ0) is 26.0. The second-order valence-electron chi connectivity index (χ2n) is 8.50. The van der Waals surface area contributed by atoms with Crippen LogP contribution < -0.4 is 15.4 Å². The highest BCUT2D eigenvalue weighted by Crippen LogP contribution is 2.36. The molecule has 2 aromatic rings. The van der Waals surface area contributed by atoms with Crippen molar-refractivity contribution in [3.63, 3.8) is 0 Å². The van der Waals surface area contributed by atoms with Gasteiger partial charge in [0, 0.05) is 51.0 Å². The number of hydrogen-bond acceptors (Lipinski definition) is 8. The third-order valence-corrected chi connectivity index (χ3v) is 7.74. The lowest BCUT2D eigenvalue weighted by Crippen LogP contribution is -2.48. The van der Waals surface area contributed by atoms with Crippen LogP contribution in [0, 0.1) is 18.3 Å². The molecule has 0 atom stereocenters. The van der Waals surface area contributed by atoms with Crippen molar-refractivity contribution in [1.29, 1.82) is 5.26 Å². The fraction of sp³-hybridized carbons (Fsp3) is 0.320. The predicted molar refractivity (Wildman–Crippen MR) is 144 cm³/mol. The summed E-state index contributed by atoms with van der Waals surface area (Å²) in [5.74, 6) is -0.754. The Morgan fingerprint density at radius 3 is 2.42 bits per heavy atom. The molecule has 2 aliphatic rings. The van der Waals surface area contributed by atoms with Crippen LogP contribution in [0.15, 0.2) is 40.0 Å². The highest BCUT2D eigenvalue weighted by Gasteiger charge is 2.33. The number of hydrogen-bond donors (Lipinski definition) is 1. The van der Waals surface area contributed by atoms with Crippen LogP contribution in [-0.4, -0.2) is 63.5 Å². The SMILES string of the molecule is Cc1c(/C=C2\SC(=S)N(CCC(=O)O)C2=O)c(N2CCN(c3ccccc3)CC2)n(C)c(=O)c1C#N. The summed E-state index contributed by atoms with van der Waals surface area (Å²) in [5, 5.41) is 18.7. The number of benzene rings is 1. The Kier molecular flexibility index (Phi) is 7.47. The maximum absolute atomic E-state index is 13.0. The van der Waals surface area contributed by atoms with Gasteiger partial charge in [-0.25, -0.2) is 0 Å². The minimum atomic E-state index is -1.02. The molecule has 1 aromatic heterocycles. The number of aromatic nitrogens is 1. The molecule has 11 heteroatoms. The summed E-state index contributed by atoms with van der Waals surface area (Å²) in [6.45, 7) is 4.48. The first kappa shape index (κ1) is 25.5. The van der Waals surface area contributed by atoms with E-state index in [4.69, 9.17) is 17.3 Å². The molecule has 0 aliphatic carbocycles. The molecule has 0 radical (unpaired) electrons. The number of carbonyl (C=O) groups is 2. The fourth-order valence-electron chi connectivity index (χ4n) is 4.44. The summed E-state index contributed by atoms with van der Waals surface area (Å²) in [7, 11) is 1.64. The van der Waals surface area contributed by atoms with Gasteiger partial charge in [0.2, 0.25) is 0 Å². The number of carboxylic acids is 1. The number of nitrogens with zero attached hydrogens (tertiary/aromatic N) is 5. The number of aliphatic carboxylic acids is 1. The molecule has 1 amide bonds. The Morgan fingerprint density at radius 2 is 1.81 bits per heavy atom. The van der Waals surface area contributed by atoms with Gasteiger partial charge in [-0.15, -0.1) is 0 Å². The maximum Gasteiger partial charge on any atom is 0.305 e. The zero-order valence-corrected chi connectivity index (χ0v) is 21.6. The Labute approximate surface area is 218 Å². The predicted octanol–water partition coefficient (Wildman–Crippen LogP) is 2.57. The minimum Gasteiger partial charge on any atom is -0.481 e. The smallest absolute Gasteiger partial charge is 0.305 e. The van der Waals surface area contributed by atoms with Crippen molar-refractivity contribution in [3.8, 4) is 6.07 Å². The van der Waals surface area contributed by atoms with Gasteiger partial charge in [-0.1, -0.05) is 42.2 Å². The number of amides is 1. The van der Waals surface area contributed by atoms with Crippen LogP contribution in [0.2, 0.25) is 0 Å². The van der Waals surface area contributed by atoms with Crippen molar-refractivity contribution in [2.45, 2.75) is 13.3 Å². The summed E-state index contributed by atoms with van der Waals surface area (Å²) in [5.41, 5.74) is 1.88. The van der Waals surface area contributed by atoms with E-state index in [-0.39, 0.29) is 34.3 Å². The highest BCUT2D eigenvalue weighted by molar-refractivity contribution is 8.26. The number of piperazine rings is 1. The van der Waals surface area contributed by atoms with Gasteiger partial charge in [-0.2, -0.15) is 5.26 Å². The fourth-order valence-corrected chi connectivity index (χ4v) is 5.73. The summed E-state index contributed by atoms with van der Waals surface area (Å²) < 4.78 is 1.76. The van der Waals surface area contributed by atoms with Crippen LogP contribution in [-0.2, 0) is 16.6 Å². The lowest BCUT2D eigenvalue weighted by atomic mass is 10.0. The molecule has 3 heterocycles. The van der Waals surface area contributed by atoms with Crippen LogP contribution in [0.1, 0.15) is 23.1 Å². The van der Waals surface area contributed by atoms with Crippen molar-refractivity contribution in [1.82, 2.24) is 9.47 Å². The molecule has 2 aliphatic heterocycles. The number of anilines is 2. The molecule has 0 saturated carbocycles. The first-order valence-electron chi connectivity index (χ1n) is 11.4. The van der Waals surface area contributed by atoms with E-state index < -0.39 is 5.97 Å². The normalized spacial score (nSPS) is 17.1. The molecule has 0 unspecified atom stereocenters. The molecule has 1 aromatic carbocycles. The van der Waals surface area contributed by atoms with E-state index in [0.717, 1.165) is 30.5 Å². The van der Waals surface area contributed by atoms with Crippen molar-refractivity contribution in [2.75, 3.05) is 42.5 Å². The quantitative estimate of drug-likeness (QED) is 0.451. The first-order chi connectivity index (χ1) is 17.2. The second-order valence-corrected chi connectivity index (χ2v) is 10.2.